The fraction of sp³-hybridized carbons (Fsp3) is 0.278. The van der Waals surface area contributed by atoms with Crippen LogP contribution in [0.3, 0.4) is 0 Å². The predicted molar refractivity (Wildman–Crippen MR) is 102 cm³/mol. The lowest BCUT2D eigenvalue weighted by molar-refractivity contribution is -0.116. The molecular formula is C18H19ClN2O4S. The molecule has 0 fully saturated rings. The quantitative estimate of drug-likeness (QED) is 0.861. The zero-order valence-corrected chi connectivity index (χ0v) is 16.0. The van der Waals surface area contributed by atoms with Crippen molar-refractivity contribution in [3.8, 4) is 5.75 Å². The van der Waals surface area contributed by atoms with Crippen LogP contribution in [-0.4, -0.2) is 28.0 Å². The van der Waals surface area contributed by atoms with E-state index >= 15 is 0 Å². The number of carbonyl (C=O) groups is 1. The van der Waals surface area contributed by atoms with Crippen LogP contribution in [0, 0.1) is 0 Å². The number of amides is 1. The van der Waals surface area contributed by atoms with Gasteiger partial charge in [0.2, 0.25) is 5.91 Å². The topological polar surface area (TPSA) is 75.7 Å². The summed E-state index contributed by atoms with van der Waals surface area (Å²) in [7, 11) is -2.51. The summed E-state index contributed by atoms with van der Waals surface area (Å²) >= 11 is 5.94. The molecule has 2 aromatic rings. The number of methoxy groups -OCH3 is 1. The maximum Gasteiger partial charge on any atom is 0.265 e. The number of benzene rings is 2. The molecule has 0 radical (unpaired) electrons. The minimum absolute atomic E-state index is 0.0476. The van der Waals surface area contributed by atoms with Crippen LogP contribution in [0.1, 0.15) is 18.9 Å². The largest absolute Gasteiger partial charge is 0.495 e. The van der Waals surface area contributed by atoms with E-state index < -0.39 is 10.0 Å². The van der Waals surface area contributed by atoms with E-state index in [9.17, 15) is 13.2 Å². The number of aryl methyl sites for hydroxylation is 1. The van der Waals surface area contributed by atoms with Crippen LogP contribution in [0.25, 0.3) is 0 Å². The van der Waals surface area contributed by atoms with Crippen molar-refractivity contribution in [1.29, 1.82) is 0 Å². The monoisotopic (exact) mass is 394 g/mol. The van der Waals surface area contributed by atoms with E-state index in [1.807, 2.05) is 6.07 Å². The third kappa shape index (κ3) is 3.64. The molecular weight excluding hydrogens is 376 g/mol. The molecule has 0 saturated carbocycles. The molecule has 1 heterocycles. The molecule has 0 bridgehead atoms. The van der Waals surface area contributed by atoms with Gasteiger partial charge in [0.1, 0.15) is 10.6 Å². The van der Waals surface area contributed by atoms with Crippen LogP contribution in [0.2, 0.25) is 5.02 Å². The van der Waals surface area contributed by atoms with Gasteiger partial charge < -0.3 is 9.64 Å². The molecule has 1 aliphatic rings. The average molecular weight is 395 g/mol. The van der Waals surface area contributed by atoms with E-state index in [0.717, 1.165) is 24.1 Å². The minimum Gasteiger partial charge on any atom is -0.495 e. The first kappa shape index (κ1) is 18.5. The second-order valence-corrected chi connectivity index (χ2v) is 8.11. The number of hydrogen-bond acceptors (Lipinski definition) is 4. The molecule has 1 aliphatic heterocycles. The van der Waals surface area contributed by atoms with Crippen molar-refractivity contribution in [1.82, 2.24) is 0 Å². The highest BCUT2D eigenvalue weighted by molar-refractivity contribution is 7.92. The normalized spacial score (nSPS) is 13.9. The summed E-state index contributed by atoms with van der Waals surface area (Å²) < 4.78 is 33.2. The fourth-order valence-corrected chi connectivity index (χ4v) is 4.52. The highest BCUT2D eigenvalue weighted by Gasteiger charge is 2.23. The number of ether oxygens (including phenoxy) is 1. The van der Waals surface area contributed by atoms with Crippen LogP contribution in [0.15, 0.2) is 41.3 Å². The highest BCUT2D eigenvalue weighted by atomic mass is 35.5. The van der Waals surface area contributed by atoms with E-state index in [-0.39, 0.29) is 16.6 Å². The van der Waals surface area contributed by atoms with Crippen LogP contribution >= 0.6 is 11.6 Å². The summed E-state index contributed by atoms with van der Waals surface area (Å²) in [6.07, 6.45) is 1.74. The Hall–Kier alpha value is -2.25. The molecule has 0 aromatic heterocycles. The Labute approximate surface area is 157 Å². The average Bonchev–Trinajstić information content (AvgIpc) is 2.60. The van der Waals surface area contributed by atoms with Gasteiger partial charge in [0.05, 0.1) is 12.8 Å². The number of hydrogen-bond donors (Lipinski definition) is 1. The van der Waals surface area contributed by atoms with Gasteiger partial charge in [0.15, 0.2) is 0 Å². The first-order valence-electron chi connectivity index (χ1n) is 8.09. The van der Waals surface area contributed by atoms with Gasteiger partial charge >= 0.3 is 0 Å². The summed E-state index contributed by atoms with van der Waals surface area (Å²) in [4.78, 5) is 13.5. The third-order valence-electron chi connectivity index (χ3n) is 4.25. The molecule has 0 aliphatic carbocycles. The summed E-state index contributed by atoms with van der Waals surface area (Å²) in [5.41, 5.74) is 2.13. The number of carbonyl (C=O) groups excluding carboxylic acids is 1. The van der Waals surface area contributed by atoms with E-state index in [1.54, 1.807) is 23.1 Å². The van der Waals surface area contributed by atoms with Gasteiger partial charge in [-0.05, 0) is 48.7 Å². The number of sulfonamides is 1. The van der Waals surface area contributed by atoms with Crippen LogP contribution in [0.4, 0.5) is 11.4 Å². The molecule has 8 heteroatoms. The van der Waals surface area contributed by atoms with Gasteiger partial charge in [-0.15, -0.1) is 0 Å². The van der Waals surface area contributed by atoms with E-state index in [1.165, 1.54) is 26.2 Å². The molecule has 0 saturated heterocycles. The third-order valence-corrected chi connectivity index (χ3v) is 5.89. The number of nitrogens with zero attached hydrogens (tertiary/aromatic N) is 1. The minimum atomic E-state index is -3.91. The Morgan fingerprint density at radius 1 is 1.23 bits per heavy atom. The zero-order chi connectivity index (χ0) is 18.9. The standard InChI is InChI=1S/C18H19ClN2O4S/c1-12(22)21-9-3-4-13-5-7-15(11-16(13)21)20-26(23,24)18-10-14(19)6-8-17(18)25-2/h5-8,10-11,20H,3-4,9H2,1-2H3. The number of rotatable bonds is 4. The molecule has 0 unspecified atom stereocenters. The maximum atomic E-state index is 12.8. The van der Waals surface area contributed by atoms with Crippen LogP contribution < -0.4 is 14.4 Å². The number of halogens is 1. The lowest BCUT2D eigenvalue weighted by atomic mass is 10.0. The van der Waals surface area contributed by atoms with E-state index in [4.69, 9.17) is 16.3 Å². The Morgan fingerprint density at radius 2 is 2.00 bits per heavy atom. The molecule has 2 aromatic carbocycles. The molecule has 6 nitrogen and oxygen atoms in total. The fourth-order valence-electron chi connectivity index (χ4n) is 3.04. The molecule has 0 spiro atoms. The molecule has 0 atom stereocenters. The number of nitrogens with one attached hydrogen (secondary N) is 1. The molecule has 1 N–H and O–H groups in total. The van der Waals surface area contributed by atoms with Crippen molar-refractivity contribution >= 4 is 38.9 Å². The highest BCUT2D eigenvalue weighted by Crippen LogP contribution is 2.33. The van der Waals surface area contributed by atoms with Gasteiger partial charge in [-0.3, -0.25) is 9.52 Å². The van der Waals surface area contributed by atoms with Gasteiger partial charge in [0, 0.05) is 24.2 Å². The summed E-state index contributed by atoms with van der Waals surface area (Å²) in [5.74, 6) is 0.132. The summed E-state index contributed by atoms with van der Waals surface area (Å²) in [6, 6.07) is 9.62. The lowest BCUT2D eigenvalue weighted by Gasteiger charge is -2.29. The van der Waals surface area contributed by atoms with Gasteiger partial charge in [0.25, 0.3) is 10.0 Å². The Morgan fingerprint density at radius 3 is 2.69 bits per heavy atom. The Bertz CT molecular complexity index is 960. The number of fused-ring (bicyclic) bond motifs is 1. The van der Waals surface area contributed by atoms with Crippen molar-refractivity contribution in [2.24, 2.45) is 0 Å². The van der Waals surface area contributed by atoms with Crippen LogP contribution in [0.5, 0.6) is 5.75 Å². The summed E-state index contributed by atoms with van der Waals surface area (Å²) in [6.45, 7) is 2.13. The molecule has 138 valence electrons. The van der Waals surface area contributed by atoms with Crippen molar-refractivity contribution < 1.29 is 17.9 Å². The van der Waals surface area contributed by atoms with Crippen molar-refractivity contribution in [3.63, 3.8) is 0 Å². The molecule has 26 heavy (non-hydrogen) atoms. The maximum absolute atomic E-state index is 12.8. The SMILES string of the molecule is COc1ccc(Cl)cc1S(=O)(=O)Nc1ccc2c(c1)N(C(C)=O)CCC2. The van der Waals surface area contributed by atoms with E-state index in [2.05, 4.69) is 4.72 Å². The van der Waals surface area contributed by atoms with Crippen molar-refractivity contribution in [2.45, 2.75) is 24.7 Å². The predicted octanol–water partition coefficient (Wildman–Crippen LogP) is 3.45. The molecule has 1 amide bonds. The molecule has 3 rings (SSSR count). The van der Waals surface area contributed by atoms with E-state index in [0.29, 0.717) is 17.3 Å². The van der Waals surface area contributed by atoms with Crippen molar-refractivity contribution in [2.75, 3.05) is 23.3 Å². The van der Waals surface area contributed by atoms with Gasteiger partial charge in [-0.2, -0.15) is 0 Å². The van der Waals surface area contributed by atoms with Crippen molar-refractivity contribution in [3.05, 3.63) is 47.0 Å². The summed E-state index contributed by atoms with van der Waals surface area (Å²) in [5, 5.41) is 0.291. The zero-order valence-electron chi connectivity index (χ0n) is 14.5. The first-order chi connectivity index (χ1) is 12.3. The first-order valence-corrected chi connectivity index (χ1v) is 9.95. The lowest BCUT2D eigenvalue weighted by Crippen LogP contribution is -2.33. The van der Waals surface area contributed by atoms with Gasteiger partial charge in [-0.25, -0.2) is 8.42 Å². The Kier molecular flexibility index (Phi) is 5.11. The smallest absolute Gasteiger partial charge is 0.265 e. The second kappa shape index (κ2) is 7.17. The van der Waals surface area contributed by atoms with Gasteiger partial charge in [-0.1, -0.05) is 17.7 Å². The number of anilines is 2. The Balaban J connectivity index is 1.98. The second-order valence-electron chi connectivity index (χ2n) is 6.02. The van der Waals surface area contributed by atoms with Crippen LogP contribution in [-0.2, 0) is 21.2 Å².